The maximum atomic E-state index is 13.2. The summed E-state index contributed by atoms with van der Waals surface area (Å²) in [6.45, 7) is 0. The molecule has 1 aliphatic carbocycles. The van der Waals surface area contributed by atoms with Crippen molar-refractivity contribution in [3.05, 3.63) is 35.4 Å². The van der Waals surface area contributed by atoms with E-state index in [-0.39, 0.29) is 0 Å². The Morgan fingerprint density at radius 2 is 1.83 bits per heavy atom. The zero-order valence-corrected chi connectivity index (χ0v) is 8.76. The molecule has 0 saturated heterocycles. The molecule has 2 rings (SSSR count). The second kappa shape index (κ2) is 3.43. The second-order valence-corrected chi connectivity index (χ2v) is 4.17. The van der Waals surface area contributed by atoms with Crippen molar-refractivity contribution in [3.8, 4) is 0 Å². The van der Waals surface area contributed by atoms with E-state index in [1.165, 1.54) is 0 Å². The van der Waals surface area contributed by atoms with Crippen LogP contribution in [0.3, 0.4) is 0 Å². The van der Waals surface area contributed by atoms with E-state index in [1.54, 1.807) is 0 Å². The van der Waals surface area contributed by atoms with Crippen LogP contribution in [0.5, 0.6) is 0 Å². The number of carbonyl (C=O) groups is 1. The highest BCUT2D eigenvalue weighted by Crippen LogP contribution is 2.62. The first-order valence-electron chi connectivity index (χ1n) is 4.90. The van der Waals surface area contributed by atoms with E-state index in [1.807, 2.05) is 0 Å². The molecule has 2 nitrogen and oxygen atoms in total. The molecule has 0 heterocycles. The van der Waals surface area contributed by atoms with Crippen LogP contribution < -0.4 is 0 Å². The topological polar surface area (TPSA) is 37.3 Å². The van der Waals surface area contributed by atoms with E-state index in [4.69, 9.17) is 5.11 Å². The van der Waals surface area contributed by atoms with Crippen molar-refractivity contribution in [3.63, 3.8) is 0 Å². The fourth-order valence-electron chi connectivity index (χ4n) is 1.92. The molecule has 0 bridgehead atoms. The van der Waals surface area contributed by atoms with Crippen LogP contribution in [0.15, 0.2) is 24.3 Å². The van der Waals surface area contributed by atoms with Gasteiger partial charge in [-0.3, -0.25) is 4.79 Å². The number of carboxylic acids is 1. The van der Waals surface area contributed by atoms with Gasteiger partial charge in [-0.1, -0.05) is 18.2 Å². The molecule has 1 fully saturated rings. The summed E-state index contributed by atoms with van der Waals surface area (Å²) in [6.07, 6.45) is -5.67. The van der Waals surface area contributed by atoms with Gasteiger partial charge in [0.05, 0.1) is 5.56 Å². The van der Waals surface area contributed by atoms with Gasteiger partial charge in [-0.2, -0.15) is 13.2 Å². The van der Waals surface area contributed by atoms with E-state index in [0.717, 1.165) is 12.1 Å². The number of halogens is 5. The minimum atomic E-state index is -4.69. The number of rotatable bonds is 2. The number of alkyl halides is 5. The highest BCUT2D eigenvalue weighted by Gasteiger charge is 2.77. The number of hydrogen-bond acceptors (Lipinski definition) is 1. The fraction of sp³-hybridized carbons (Fsp3) is 0.364. The van der Waals surface area contributed by atoms with Crippen molar-refractivity contribution in [2.45, 2.75) is 23.9 Å². The van der Waals surface area contributed by atoms with Gasteiger partial charge >= 0.3 is 12.1 Å². The Kier molecular flexibility index (Phi) is 2.43. The Hall–Kier alpha value is -1.66. The van der Waals surface area contributed by atoms with Gasteiger partial charge in [0.2, 0.25) is 0 Å². The largest absolute Gasteiger partial charge is 0.480 e. The normalized spacial score (nSPS) is 25.8. The summed E-state index contributed by atoms with van der Waals surface area (Å²) in [5, 5.41) is 8.83. The van der Waals surface area contributed by atoms with Crippen molar-refractivity contribution in [1.29, 1.82) is 0 Å². The molecule has 0 amide bonds. The molecule has 0 radical (unpaired) electrons. The summed E-state index contributed by atoms with van der Waals surface area (Å²) in [5.41, 5.74) is -4.17. The van der Waals surface area contributed by atoms with Gasteiger partial charge in [-0.25, -0.2) is 8.78 Å². The molecular formula is C11H7F5O2. The highest BCUT2D eigenvalue weighted by molar-refractivity contribution is 5.87. The van der Waals surface area contributed by atoms with E-state index < -0.39 is 41.0 Å². The Labute approximate surface area is 98.0 Å². The Morgan fingerprint density at radius 1 is 1.28 bits per heavy atom. The smallest absolute Gasteiger partial charge is 0.416 e. The van der Waals surface area contributed by atoms with Crippen LogP contribution in [0.1, 0.15) is 17.5 Å². The molecule has 1 aliphatic rings. The fourth-order valence-corrected chi connectivity index (χ4v) is 1.92. The first-order valence-corrected chi connectivity index (χ1v) is 4.90. The third-order valence-electron chi connectivity index (χ3n) is 3.03. The molecule has 1 unspecified atom stereocenters. The van der Waals surface area contributed by atoms with E-state index >= 15 is 0 Å². The Morgan fingerprint density at radius 3 is 2.22 bits per heavy atom. The molecule has 0 aliphatic heterocycles. The van der Waals surface area contributed by atoms with Gasteiger partial charge in [-0.15, -0.1) is 0 Å². The maximum Gasteiger partial charge on any atom is 0.416 e. The van der Waals surface area contributed by atoms with E-state index in [9.17, 15) is 26.7 Å². The van der Waals surface area contributed by atoms with Crippen molar-refractivity contribution >= 4 is 5.97 Å². The average molecular weight is 266 g/mol. The first kappa shape index (κ1) is 12.8. The quantitative estimate of drug-likeness (QED) is 0.835. The molecule has 0 spiro atoms. The Balaban J connectivity index is 2.50. The van der Waals surface area contributed by atoms with Crippen LogP contribution in [0.2, 0.25) is 0 Å². The second-order valence-electron chi connectivity index (χ2n) is 4.17. The molecule has 1 atom stereocenters. The van der Waals surface area contributed by atoms with Crippen molar-refractivity contribution in [2.24, 2.45) is 0 Å². The average Bonchev–Trinajstić information content (AvgIpc) is 2.82. The first-order chi connectivity index (χ1) is 8.11. The minimum Gasteiger partial charge on any atom is -0.480 e. The van der Waals surface area contributed by atoms with E-state index in [2.05, 4.69) is 0 Å². The van der Waals surface area contributed by atoms with Crippen molar-refractivity contribution in [1.82, 2.24) is 0 Å². The SMILES string of the molecule is O=C(O)C1(c2cccc(C(F)(F)F)c2)CC1(F)F. The van der Waals surface area contributed by atoms with Crippen LogP contribution in [0.4, 0.5) is 22.0 Å². The zero-order chi connectivity index (χ0) is 13.8. The van der Waals surface area contributed by atoms with Crippen LogP contribution >= 0.6 is 0 Å². The van der Waals surface area contributed by atoms with Gasteiger partial charge in [0, 0.05) is 6.42 Å². The predicted octanol–water partition coefficient (Wildman–Crippen LogP) is 3.07. The lowest BCUT2D eigenvalue weighted by molar-refractivity contribution is -0.143. The summed E-state index contributed by atoms with van der Waals surface area (Å²) >= 11 is 0. The summed E-state index contributed by atoms with van der Waals surface area (Å²) in [4.78, 5) is 10.9. The third-order valence-corrected chi connectivity index (χ3v) is 3.03. The number of aliphatic carboxylic acids is 1. The monoisotopic (exact) mass is 266 g/mol. The molecule has 1 N–H and O–H groups in total. The predicted molar refractivity (Wildman–Crippen MR) is 50.3 cm³/mol. The van der Waals surface area contributed by atoms with Gasteiger partial charge in [0.15, 0.2) is 5.41 Å². The lowest BCUT2D eigenvalue weighted by Gasteiger charge is -2.14. The molecule has 1 aromatic rings. The number of hydrogen-bond donors (Lipinski definition) is 1. The molecular weight excluding hydrogens is 259 g/mol. The van der Waals surface area contributed by atoms with Crippen LogP contribution in [0, 0.1) is 0 Å². The van der Waals surface area contributed by atoms with Gasteiger partial charge in [-0.05, 0) is 11.6 Å². The minimum absolute atomic E-state index is 0.467. The lowest BCUT2D eigenvalue weighted by Crippen LogP contribution is -2.27. The molecule has 98 valence electrons. The molecule has 18 heavy (non-hydrogen) atoms. The van der Waals surface area contributed by atoms with Gasteiger partial charge < -0.3 is 5.11 Å². The summed E-state index contributed by atoms with van der Waals surface area (Å²) in [7, 11) is 0. The zero-order valence-electron chi connectivity index (χ0n) is 8.76. The lowest BCUT2D eigenvalue weighted by atomic mass is 9.93. The molecule has 0 aromatic heterocycles. The van der Waals surface area contributed by atoms with Crippen molar-refractivity contribution in [2.75, 3.05) is 0 Å². The van der Waals surface area contributed by atoms with Gasteiger partial charge in [0.1, 0.15) is 0 Å². The number of benzene rings is 1. The molecule has 7 heteroatoms. The molecule has 1 aromatic carbocycles. The molecule has 1 saturated carbocycles. The summed E-state index contributed by atoms with van der Waals surface area (Å²) in [5.74, 6) is -5.32. The van der Waals surface area contributed by atoms with Gasteiger partial charge in [0.25, 0.3) is 5.92 Å². The third kappa shape index (κ3) is 1.65. The Bertz CT molecular complexity index is 508. The highest BCUT2D eigenvalue weighted by atomic mass is 19.4. The van der Waals surface area contributed by atoms with Crippen LogP contribution in [-0.4, -0.2) is 17.0 Å². The summed E-state index contributed by atoms with van der Waals surface area (Å²) in [6, 6.07) is 3.08. The van der Waals surface area contributed by atoms with Crippen molar-refractivity contribution < 1.29 is 31.9 Å². The maximum absolute atomic E-state index is 13.2. The standard InChI is InChI=1S/C11H7F5O2/c12-10(13)5-9(10,8(17)18)6-2-1-3-7(4-6)11(14,15)16/h1-4H,5H2,(H,17,18). The van der Waals surface area contributed by atoms with Crippen LogP contribution in [-0.2, 0) is 16.4 Å². The number of carboxylic acid groups (broad SMARTS) is 1. The van der Waals surface area contributed by atoms with Crippen LogP contribution in [0.25, 0.3) is 0 Å². The summed E-state index contributed by atoms with van der Waals surface area (Å²) < 4.78 is 63.6. The van der Waals surface area contributed by atoms with E-state index in [0.29, 0.717) is 12.1 Å².